The van der Waals surface area contributed by atoms with Crippen LogP contribution in [0.4, 0.5) is 4.79 Å². The van der Waals surface area contributed by atoms with Gasteiger partial charge in [-0.3, -0.25) is 4.57 Å². The molecule has 2 aromatic rings. The monoisotopic (exact) mass is 405 g/mol. The molecule has 0 aliphatic heterocycles. The zero-order chi connectivity index (χ0) is 20.2. The Labute approximate surface area is 166 Å². The SMILES string of the molecule is CCCOP(=O)(OCCC)[C@H](NC(=O)OCc1ccccc1)c1ccccc1. The molecule has 1 N–H and O–H groups in total. The van der Waals surface area contributed by atoms with Crippen molar-refractivity contribution in [2.24, 2.45) is 0 Å². The van der Waals surface area contributed by atoms with E-state index in [1.807, 2.05) is 62.4 Å². The molecule has 1 amide bonds. The number of hydrogen-bond donors (Lipinski definition) is 1. The molecule has 0 saturated carbocycles. The zero-order valence-electron chi connectivity index (χ0n) is 16.4. The normalized spacial score (nSPS) is 12.4. The van der Waals surface area contributed by atoms with E-state index in [4.69, 9.17) is 13.8 Å². The third-order valence-corrected chi connectivity index (χ3v) is 5.99. The highest BCUT2D eigenvalue weighted by Crippen LogP contribution is 2.59. The Balaban J connectivity index is 2.17. The van der Waals surface area contributed by atoms with E-state index in [-0.39, 0.29) is 19.8 Å². The first-order valence-corrected chi connectivity index (χ1v) is 11.1. The molecule has 2 rings (SSSR count). The summed E-state index contributed by atoms with van der Waals surface area (Å²) in [6.07, 6.45) is 0.678. The summed E-state index contributed by atoms with van der Waals surface area (Å²) >= 11 is 0. The summed E-state index contributed by atoms with van der Waals surface area (Å²) in [5.41, 5.74) is 1.50. The van der Waals surface area contributed by atoms with E-state index >= 15 is 0 Å². The van der Waals surface area contributed by atoms with Gasteiger partial charge in [-0.1, -0.05) is 74.5 Å². The topological polar surface area (TPSA) is 73.9 Å². The predicted molar refractivity (Wildman–Crippen MR) is 109 cm³/mol. The van der Waals surface area contributed by atoms with Crippen molar-refractivity contribution < 1.29 is 23.1 Å². The molecule has 0 spiro atoms. The van der Waals surface area contributed by atoms with E-state index in [0.29, 0.717) is 18.4 Å². The van der Waals surface area contributed by atoms with Gasteiger partial charge in [-0.25, -0.2) is 4.79 Å². The quantitative estimate of drug-likeness (QED) is 0.489. The number of carbonyl (C=O) groups is 1. The molecule has 2 aromatic carbocycles. The minimum atomic E-state index is -3.65. The number of nitrogens with one attached hydrogen (secondary N) is 1. The van der Waals surface area contributed by atoms with Crippen LogP contribution >= 0.6 is 7.60 Å². The highest BCUT2D eigenvalue weighted by atomic mass is 31.2. The Morgan fingerprint density at radius 2 is 1.46 bits per heavy atom. The van der Waals surface area contributed by atoms with Gasteiger partial charge in [0.05, 0.1) is 13.2 Å². The molecule has 6 nitrogen and oxygen atoms in total. The fourth-order valence-electron chi connectivity index (χ4n) is 2.48. The Kier molecular flexibility index (Phi) is 9.21. The average Bonchev–Trinajstić information content (AvgIpc) is 2.74. The summed E-state index contributed by atoms with van der Waals surface area (Å²) in [6, 6.07) is 18.4. The van der Waals surface area contributed by atoms with Gasteiger partial charge in [0.2, 0.25) is 0 Å². The number of ether oxygens (including phenoxy) is 1. The third-order valence-electron chi connectivity index (χ3n) is 3.85. The van der Waals surface area contributed by atoms with Crippen LogP contribution in [-0.2, 0) is 25.0 Å². The lowest BCUT2D eigenvalue weighted by atomic mass is 10.2. The number of alkyl carbamates (subject to hydrolysis) is 1. The van der Waals surface area contributed by atoms with E-state index in [1.165, 1.54) is 0 Å². The van der Waals surface area contributed by atoms with Crippen molar-refractivity contribution in [1.82, 2.24) is 5.32 Å². The molecular weight excluding hydrogens is 377 g/mol. The molecule has 0 aliphatic rings. The van der Waals surface area contributed by atoms with Crippen LogP contribution in [0.25, 0.3) is 0 Å². The van der Waals surface area contributed by atoms with E-state index in [2.05, 4.69) is 5.32 Å². The highest BCUT2D eigenvalue weighted by Gasteiger charge is 2.38. The van der Waals surface area contributed by atoms with Crippen LogP contribution in [0.1, 0.15) is 43.6 Å². The molecule has 1 atom stereocenters. The Bertz CT molecular complexity index is 742. The molecule has 0 aromatic heterocycles. The van der Waals surface area contributed by atoms with Crippen LogP contribution in [0.15, 0.2) is 60.7 Å². The van der Waals surface area contributed by atoms with Crippen LogP contribution < -0.4 is 5.32 Å². The summed E-state index contributed by atoms with van der Waals surface area (Å²) in [6.45, 7) is 4.49. The number of amides is 1. The molecule has 0 aliphatic carbocycles. The first-order valence-electron chi connectivity index (χ1n) is 9.50. The molecule has 0 saturated heterocycles. The minimum Gasteiger partial charge on any atom is -0.445 e. The minimum absolute atomic E-state index is 0.115. The zero-order valence-corrected chi connectivity index (χ0v) is 17.3. The largest absolute Gasteiger partial charge is 0.445 e. The summed E-state index contributed by atoms with van der Waals surface area (Å²) < 4.78 is 30.1. The van der Waals surface area contributed by atoms with E-state index in [1.54, 1.807) is 12.1 Å². The molecule has 152 valence electrons. The van der Waals surface area contributed by atoms with Crippen molar-refractivity contribution in [3.63, 3.8) is 0 Å². The van der Waals surface area contributed by atoms with E-state index < -0.39 is 19.5 Å². The van der Waals surface area contributed by atoms with Gasteiger partial charge in [0, 0.05) is 0 Å². The summed E-state index contributed by atoms with van der Waals surface area (Å²) in [4.78, 5) is 12.4. The van der Waals surface area contributed by atoms with E-state index in [9.17, 15) is 9.36 Å². The summed E-state index contributed by atoms with van der Waals surface area (Å²) in [5.74, 6) is -0.949. The molecule has 7 heteroatoms. The number of rotatable bonds is 11. The third kappa shape index (κ3) is 6.79. The standard InChI is InChI=1S/C21H28NO5P/c1-3-15-26-28(24,27-16-4-2)20(19-13-9-6-10-14-19)22-21(23)25-17-18-11-7-5-8-12-18/h5-14,20H,3-4,15-17H2,1-2H3,(H,22,23)/t20-/m0/s1. The predicted octanol–water partition coefficient (Wildman–Crippen LogP) is 5.66. The number of carbonyl (C=O) groups excluding carboxylic acids is 1. The van der Waals surface area contributed by atoms with Crippen LogP contribution in [0.5, 0.6) is 0 Å². The van der Waals surface area contributed by atoms with Crippen molar-refractivity contribution in [3.05, 3.63) is 71.8 Å². The van der Waals surface area contributed by atoms with Crippen LogP contribution in [0, 0.1) is 0 Å². The van der Waals surface area contributed by atoms with Gasteiger partial charge in [0.1, 0.15) is 6.61 Å². The van der Waals surface area contributed by atoms with Crippen LogP contribution in [-0.4, -0.2) is 19.3 Å². The van der Waals surface area contributed by atoms with E-state index in [0.717, 1.165) is 5.56 Å². The smallest absolute Gasteiger partial charge is 0.408 e. The maximum atomic E-state index is 13.5. The average molecular weight is 405 g/mol. The second-order valence-electron chi connectivity index (χ2n) is 6.23. The summed E-state index contributed by atoms with van der Waals surface area (Å²) in [7, 11) is -3.65. The van der Waals surface area contributed by atoms with Gasteiger partial charge in [0.25, 0.3) is 0 Å². The Morgan fingerprint density at radius 1 is 0.929 bits per heavy atom. The number of hydrogen-bond acceptors (Lipinski definition) is 5. The molecule has 28 heavy (non-hydrogen) atoms. The van der Waals surface area contributed by atoms with Gasteiger partial charge in [-0.05, 0) is 24.0 Å². The molecule has 0 fully saturated rings. The lowest BCUT2D eigenvalue weighted by Gasteiger charge is -2.27. The molecule has 0 heterocycles. The second-order valence-corrected chi connectivity index (χ2v) is 8.34. The van der Waals surface area contributed by atoms with Gasteiger partial charge in [-0.2, -0.15) is 0 Å². The molecule has 0 radical (unpaired) electrons. The fourth-order valence-corrected chi connectivity index (χ4v) is 4.53. The first kappa shape index (κ1) is 22.2. The van der Waals surface area contributed by atoms with Crippen molar-refractivity contribution in [2.45, 2.75) is 39.1 Å². The Morgan fingerprint density at radius 3 is 2.00 bits per heavy atom. The molecule has 0 unspecified atom stereocenters. The van der Waals surface area contributed by atoms with Gasteiger partial charge < -0.3 is 19.1 Å². The maximum Gasteiger partial charge on any atom is 0.408 e. The van der Waals surface area contributed by atoms with Crippen LogP contribution in [0.3, 0.4) is 0 Å². The summed E-state index contributed by atoms with van der Waals surface area (Å²) in [5, 5.41) is 2.69. The lowest BCUT2D eigenvalue weighted by molar-refractivity contribution is 0.134. The van der Waals surface area contributed by atoms with Crippen molar-refractivity contribution in [2.75, 3.05) is 13.2 Å². The maximum absolute atomic E-state index is 13.5. The molecular formula is C21H28NO5P. The number of benzene rings is 2. The Hall–Kier alpha value is -2.14. The lowest BCUT2D eigenvalue weighted by Crippen LogP contribution is -2.30. The van der Waals surface area contributed by atoms with Crippen molar-refractivity contribution in [3.8, 4) is 0 Å². The van der Waals surface area contributed by atoms with Crippen molar-refractivity contribution >= 4 is 13.7 Å². The molecule has 0 bridgehead atoms. The van der Waals surface area contributed by atoms with Crippen LogP contribution in [0.2, 0.25) is 0 Å². The van der Waals surface area contributed by atoms with Gasteiger partial charge >= 0.3 is 13.7 Å². The second kappa shape index (κ2) is 11.6. The first-order chi connectivity index (χ1) is 13.6. The highest BCUT2D eigenvalue weighted by molar-refractivity contribution is 7.54. The van der Waals surface area contributed by atoms with Gasteiger partial charge in [0.15, 0.2) is 5.78 Å². The fraction of sp³-hybridized carbons (Fsp3) is 0.381. The van der Waals surface area contributed by atoms with Crippen molar-refractivity contribution in [1.29, 1.82) is 0 Å². The van der Waals surface area contributed by atoms with Gasteiger partial charge in [-0.15, -0.1) is 0 Å².